The fourth-order valence-corrected chi connectivity index (χ4v) is 3.36. The van der Waals surface area contributed by atoms with E-state index in [0.29, 0.717) is 33.8 Å². The number of hydrogen-bond acceptors (Lipinski definition) is 6. The summed E-state index contributed by atoms with van der Waals surface area (Å²) in [7, 11) is 1.29. The first-order valence-corrected chi connectivity index (χ1v) is 9.33. The number of nitrogens with zero attached hydrogens (tertiary/aromatic N) is 1. The van der Waals surface area contributed by atoms with Crippen molar-refractivity contribution in [1.82, 2.24) is 0 Å². The minimum Gasteiger partial charge on any atom is -0.465 e. The van der Waals surface area contributed by atoms with Crippen LogP contribution < -0.4 is 10.6 Å². The Kier molecular flexibility index (Phi) is 5.19. The van der Waals surface area contributed by atoms with Crippen molar-refractivity contribution in [2.75, 3.05) is 17.7 Å². The Morgan fingerprint density at radius 2 is 1.71 bits per heavy atom. The molecule has 0 atom stereocenters. The summed E-state index contributed by atoms with van der Waals surface area (Å²) in [5.41, 5.74) is 3.71. The van der Waals surface area contributed by atoms with E-state index in [0.717, 1.165) is 5.56 Å². The third kappa shape index (κ3) is 3.86. The first-order chi connectivity index (χ1) is 15.0. The zero-order valence-electron chi connectivity index (χ0n) is 16.4. The van der Waals surface area contributed by atoms with Crippen LogP contribution in [-0.2, 0) is 9.53 Å². The number of ether oxygens (including phenoxy) is 1. The van der Waals surface area contributed by atoms with E-state index in [1.54, 1.807) is 30.3 Å². The molecule has 0 fully saturated rings. The number of rotatable bonds is 5. The molecule has 0 aromatic heterocycles. The minimum absolute atomic E-state index is 0.0289. The zero-order valence-corrected chi connectivity index (χ0v) is 16.4. The Labute approximate surface area is 177 Å². The molecule has 1 aliphatic rings. The maximum Gasteiger partial charge on any atom is 0.337 e. The molecule has 4 rings (SSSR count). The van der Waals surface area contributed by atoms with Gasteiger partial charge < -0.3 is 15.4 Å². The highest BCUT2D eigenvalue weighted by Gasteiger charge is 2.29. The highest BCUT2D eigenvalue weighted by molar-refractivity contribution is 6.37. The van der Waals surface area contributed by atoms with Crippen molar-refractivity contribution >= 4 is 40.2 Å². The summed E-state index contributed by atoms with van der Waals surface area (Å²) in [4.78, 5) is 35.2. The van der Waals surface area contributed by atoms with Gasteiger partial charge in [-0.15, -0.1) is 0 Å². The van der Waals surface area contributed by atoms with E-state index < -0.39 is 10.9 Å². The summed E-state index contributed by atoms with van der Waals surface area (Å²) in [6.45, 7) is 0. The number of amides is 1. The predicted octanol–water partition coefficient (Wildman–Crippen LogP) is 4.31. The molecule has 0 bridgehead atoms. The van der Waals surface area contributed by atoms with Gasteiger partial charge in [0, 0.05) is 23.4 Å². The summed E-state index contributed by atoms with van der Waals surface area (Å²) in [5.74, 6) is -0.827. The van der Waals surface area contributed by atoms with E-state index >= 15 is 0 Å². The largest absolute Gasteiger partial charge is 0.465 e. The number of nitro benzene ring substituents is 1. The quantitative estimate of drug-likeness (QED) is 0.278. The number of hydrogen-bond donors (Lipinski definition) is 2. The summed E-state index contributed by atoms with van der Waals surface area (Å²) >= 11 is 0. The van der Waals surface area contributed by atoms with Gasteiger partial charge in [0.15, 0.2) is 0 Å². The minimum atomic E-state index is -0.498. The van der Waals surface area contributed by atoms with Gasteiger partial charge in [0.05, 0.1) is 34.6 Å². The van der Waals surface area contributed by atoms with E-state index in [-0.39, 0.29) is 11.6 Å². The average molecular weight is 415 g/mol. The van der Waals surface area contributed by atoms with Gasteiger partial charge in [-0.2, -0.15) is 0 Å². The molecule has 8 heteroatoms. The highest BCUT2D eigenvalue weighted by atomic mass is 16.6. The van der Waals surface area contributed by atoms with Gasteiger partial charge in [0.25, 0.3) is 11.6 Å². The Hall–Kier alpha value is -4.46. The third-order valence-electron chi connectivity index (χ3n) is 4.85. The molecule has 1 amide bonds. The van der Waals surface area contributed by atoms with Crippen molar-refractivity contribution in [1.29, 1.82) is 0 Å². The topological polar surface area (TPSA) is 111 Å². The number of fused-ring (bicyclic) bond motifs is 1. The van der Waals surface area contributed by atoms with Crippen LogP contribution in [0.4, 0.5) is 17.1 Å². The van der Waals surface area contributed by atoms with Gasteiger partial charge in [-0.3, -0.25) is 14.9 Å². The number of esters is 1. The molecule has 31 heavy (non-hydrogen) atoms. The summed E-state index contributed by atoms with van der Waals surface area (Å²) < 4.78 is 4.75. The summed E-state index contributed by atoms with van der Waals surface area (Å²) in [5, 5.41) is 17.0. The number of anilines is 2. The molecule has 8 nitrogen and oxygen atoms in total. The number of carbonyl (C=O) groups is 2. The Morgan fingerprint density at radius 3 is 2.35 bits per heavy atom. The van der Waals surface area contributed by atoms with Crippen molar-refractivity contribution in [2.45, 2.75) is 0 Å². The fourth-order valence-electron chi connectivity index (χ4n) is 3.36. The van der Waals surface area contributed by atoms with Gasteiger partial charge in [0.1, 0.15) is 0 Å². The molecule has 0 spiro atoms. The Balaban J connectivity index is 1.83. The van der Waals surface area contributed by atoms with E-state index in [1.807, 2.05) is 30.3 Å². The van der Waals surface area contributed by atoms with Crippen molar-refractivity contribution in [2.24, 2.45) is 0 Å². The molecule has 1 aliphatic heterocycles. The standard InChI is InChI=1S/C23H17N3O5/c1-31-23(28)15-7-12-18-19(13-15)25-22(27)20(18)21(14-5-3-2-4-6-14)24-16-8-10-17(11-9-16)26(29)30/h2-13,24H,1H3,(H,25,27)/b21-20-. The molecule has 0 saturated heterocycles. The molecule has 154 valence electrons. The number of methoxy groups -OCH3 is 1. The van der Waals surface area contributed by atoms with Gasteiger partial charge in [-0.25, -0.2) is 4.79 Å². The molecule has 0 saturated carbocycles. The predicted molar refractivity (Wildman–Crippen MR) is 116 cm³/mol. The lowest BCUT2D eigenvalue weighted by atomic mass is 9.99. The number of nitro groups is 1. The van der Waals surface area contributed by atoms with Crippen LogP contribution in [0, 0.1) is 10.1 Å². The molecule has 2 N–H and O–H groups in total. The Morgan fingerprint density at radius 1 is 1.00 bits per heavy atom. The van der Waals surface area contributed by atoms with E-state index in [4.69, 9.17) is 4.74 Å². The van der Waals surface area contributed by atoms with Crippen LogP contribution in [0.15, 0.2) is 72.8 Å². The molecule has 3 aromatic rings. The van der Waals surface area contributed by atoms with Crippen LogP contribution in [0.2, 0.25) is 0 Å². The van der Waals surface area contributed by atoms with E-state index in [9.17, 15) is 19.7 Å². The van der Waals surface area contributed by atoms with Gasteiger partial charge in [-0.1, -0.05) is 36.4 Å². The molecule has 0 aliphatic carbocycles. The van der Waals surface area contributed by atoms with Crippen LogP contribution in [0.25, 0.3) is 11.3 Å². The lowest BCUT2D eigenvalue weighted by Gasteiger charge is -2.14. The van der Waals surface area contributed by atoms with Crippen molar-refractivity contribution in [3.05, 3.63) is 99.6 Å². The van der Waals surface area contributed by atoms with Crippen molar-refractivity contribution in [3.63, 3.8) is 0 Å². The number of carbonyl (C=O) groups excluding carboxylic acids is 2. The maximum absolute atomic E-state index is 12.9. The van der Waals surface area contributed by atoms with E-state index in [1.165, 1.54) is 19.2 Å². The lowest BCUT2D eigenvalue weighted by molar-refractivity contribution is -0.384. The second kappa shape index (κ2) is 8.11. The van der Waals surface area contributed by atoms with Gasteiger partial charge in [0.2, 0.25) is 0 Å². The molecule has 3 aromatic carbocycles. The van der Waals surface area contributed by atoms with Gasteiger partial charge >= 0.3 is 5.97 Å². The fraction of sp³-hybridized carbons (Fsp3) is 0.0435. The zero-order chi connectivity index (χ0) is 22.0. The van der Waals surface area contributed by atoms with Crippen molar-refractivity contribution in [3.8, 4) is 0 Å². The van der Waals surface area contributed by atoms with Gasteiger partial charge in [-0.05, 0) is 29.8 Å². The number of non-ortho nitro benzene ring substituents is 1. The van der Waals surface area contributed by atoms with Crippen LogP contribution in [0.1, 0.15) is 21.5 Å². The van der Waals surface area contributed by atoms with Crippen LogP contribution in [0.5, 0.6) is 0 Å². The van der Waals surface area contributed by atoms with E-state index in [2.05, 4.69) is 10.6 Å². The SMILES string of the molecule is COC(=O)c1ccc2c(c1)NC(=O)/C2=C(\Nc1ccc([N+](=O)[O-])cc1)c1ccccc1. The molecular weight excluding hydrogens is 398 g/mol. The summed E-state index contributed by atoms with van der Waals surface area (Å²) in [6, 6.07) is 20.1. The molecule has 0 unspecified atom stereocenters. The number of benzene rings is 3. The first-order valence-electron chi connectivity index (χ1n) is 9.33. The molecular formula is C23H17N3O5. The van der Waals surface area contributed by atoms with Crippen LogP contribution in [-0.4, -0.2) is 23.9 Å². The normalized spacial score (nSPS) is 13.8. The Bertz CT molecular complexity index is 1220. The maximum atomic E-state index is 12.9. The smallest absolute Gasteiger partial charge is 0.337 e. The van der Waals surface area contributed by atoms with Crippen LogP contribution in [0.3, 0.4) is 0 Å². The van der Waals surface area contributed by atoms with Crippen LogP contribution >= 0.6 is 0 Å². The lowest BCUT2D eigenvalue weighted by Crippen LogP contribution is -2.10. The molecule has 0 radical (unpaired) electrons. The first kappa shape index (κ1) is 19.8. The molecule has 1 heterocycles. The highest BCUT2D eigenvalue weighted by Crippen LogP contribution is 2.38. The average Bonchev–Trinajstić information content (AvgIpc) is 3.12. The number of nitrogens with one attached hydrogen (secondary N) is 2. The monoisotopic (exact) mass is 415 g/mol. The summed E-state index contributed by atoms with van der Waals surface area (Å²) in [6.07, 6.45) is 0. The third-order valence-corrected chi connectivity index (χ3v) is 4.85. The van der Waals surface area contributed by atoms with Crippen molar-refractivity contribution < 1.29 is 19.2 Å². The second-order valence-electron chi connectivity index (χ2n) is 6.75. The second-order valence-corrected chi connectivity index (χ2v) is 6.75.